The molecular weight excluding hydrogens is 452 g/mol. The minimum absolute atomic E-state index is 0.0747. The Kier molecular flexibility index (Phi) is 5.88. The van der Waals surface area contributed by atoms with E-state index in [0.717, 1.165) is 5.56 Å². The third kappa shape index (κ3) is 4.56. The van der Waals surface area contributed by atoms with Crippen LogP contribution in [0, 0.1) is 0 Å². The first-order chi connectivity index (χ1) is 17.0. The van der Waals surface area contributed by atoms with Gasteiger partial charge in [-0.3, -0.25) is 19.3 Å². The van der Waals surface area contributed by atoms with E-state index in [-0.39, 0.29) is 30.0 Å². The van der Waals surface area contributed by atoms with Crippen LogP contribution in [-0.4, -0.2) is 48.5 Å². The first-order valence-corrected chi connectivity index (χ1v) is 10.9. The number of hydrogen-bond acceptors (Lipinski definition) is 7. The van der Waals surface area contributed by atoms with Crippen molar-refractivity contribution in [1.82, 2.24) is 4.90 Å². The second kappa shape index (κ2) is 9.30. The normalized spacial score (nSPS) is 13.5. The predicted molar refractivity (Wildman–Crippen MR) is 123 cm³/mol. The maximum absolute atomic E-state index is 12.8. The van der Waals surface area contributed by atoms with Gasteiger partial charge >= 0.3 is 5.97 Å². The van der Waals surface area contributed by atoms with Gasteiger partial charge in [0.2, 0.25) is 6.79 Å². The topological polar surface area (TPSA) is 111 Å². The van der Waals surface area contributed by atoms with Gasteiger partial charge in [0, 0.05) is 18.3 Å². The molecule has 2 aliphatic rings. The van der Waals surface area contributed by atoms with Gasteiger partial charge in [0.15, 0.2) is 18.1 Å². The van der Waals surface area contributed by atoms with E-state index in [4.69, 9.17) is 14.2 Å². The molecule has 1 N–H and O–H groups in total. The number of benzene rings is 3. The average molecular weight is 472 g/mol. The molecule has 176 valence electrons. The number of anilines is 1. The van der Waals surface area contributed by atoms with E-state index in [1.165, 1.54) is 23.1 Å². The zero-order valence-corrected chi connectivity index (χ0v) is 18.5. The molecule has 0 saturated carbocycles. The van der Waals surface area contributed by atoms with Crippen LogP contribution >= 0.6 is 0 Å². The summed E-state index contributed by atoms with van der Waals surface area (Å²) in [7, 11) is 0. The summed E-state index contributed by atoms with van der Waals surface area (Å²) in [5.41, 5.74) is 1.92. The Morgan fingerprint density at radius 1 is 0.886 bits per heavy atom. The van der Waals surface area contributed by atoms with E-state index in [1.54, 1.807) is 18.2 Å². The Bertz CT molecular complexity index is 1340. The molecule has 0 unspecified atom stereocenters. The Balaban J connectivity index is 1.19. The molecule has 0 saturated heterocycles. The van der Waals surface area contributed by atoms with E-state index in [0.29, 0.717) is 23.6 Å². The van der Waals surface area contributed by atoms with Crippen LogP contribution < -0.4 is 14.8 Å². The molecule has 3 aromatic rings. The summed E-state index contributed by atoms with van der Waals surface area (Å²) in [6, 6.07) is 18.6. The summed E-state index contributed by atoms with van der Waals surface area (Å²) < 4.78 is 15.6. The summed E-state index contributed by atoms with van der Waals surface area (Å²) in [6.45, 7) is -0.180. The molecule has 9 nitrogen and oxygen atoms in total. The van der Waals surface area contributed by atoms with Crippen molar-refractivity contribution in [2.45, 2.75) is 6.42 Å². The molecule has 2 aliphatic heterocycles. The Hall–Kier alpha value is -4.66. The SMILES string of the molecule is O=C(COC(=O)c1ccc2c(c1)C(=O)N(CCc1ccccc1)C2=O)Nc1ccc2c(c1)OCO2. The van der Waals surface area contributed by atoms with Crippen LogP contribution in [0.3, 0.4) is 0 Å². The lowest BCUT2D eigenvalue weighted by atomic mass is 10.1. The van der Waals surface area contributed by atoms with Gasteiger partial charge in [-0.1, -0.05) is 30.3 Å². The number of carbonyl (C=O) groups excluding carboxylic acids is 4. The first-order valence-electron chi connectivity index (χ1n) is 10.9. The van der Waals surface area contributed by atoms with Crippen molar-refractivity contribution < 1.29 is 33.4 Å². The molecule has 0 atom stereocenters. The van der Waals surface area contributed by atoms with Crippen LogP contribution in [0.2, 0.25) is 0 Å². The van der Waals surface area contributed by atoms with Crippen LogP contribution in [0.1, 0.15) is 36.6 Å². The number of hydrogen-bond donors (Lipinski definition) is 1. The zero-order valence-electron chi connectivity index (χ0n) is 18.5. The van der Waals surface area contributed by atoms with E-state index in [2.05, 4.69) is 5.32 Å². The van der Waals surface area contributed by atoms with Gasteiger partial charge in [0.05, 0.1) is 16.7 Å². The molecule has 0 aromatic heterocycles. The monoisotopic (exact) mass is 472 g/mol. The van der Waals surface area contributed by atoms with Crippen molar-refractivity contribution in [2.24, 2.45) is 0 Å². The van der Waals surface area contributed by atoms with E-state index >= 15 is 0 Å². The smallest absolute Gasteiger partial charge is 0.338 e. The minimum atomic E-state index is -0.781. The highest BCUT2D eigenvalue weighted by atomic mass is 16.7. The number of fused-ring (bicyclic) bond motifs is 2. The minimum Gasteiger partial charge on any atom is -0.454 e. The number of carbonyl (C=O) groups is 4. The Morgan fingerprint density at radius 3 is 2.49 bits per heavy atom. The highest BCUT2D eigenvalue weighted by Gasteiger charge is 2.35. The number of nitrogens with one attached hydrogen (secondary N) is 1. The van der Waals surface area contributed by atoms with Crippen LogP contribution in [-0.2, 0) is 16.0 Å². The van der Waals surface area contributed by atoms with Crippen molar-refractivity contribution in [2.75, 3.05) is 25.3 Å². The number of esters is 1. The average Bonchev–Trinajstić information content (AvgIpc) is 3.44. The van der Waals surface area contributed by atoms with Gasteiger partial charge in [-0.2, -0.15) is 0 Å². The summed E-state index contributed by atoms with van der Waals surface area (Å²) in [4.78, 5) is 51.4. The number of imide groups is 1. The van der Waals surface area contributed by atoms with E-state index in [1.807, 2.05) is 30.3 Å². The highest BCUT2D eigenvalue weighted by molar-refractivity contribution is 6.22. The van der Waals surface area contributed by atoms with Gasteiger partial charge in [-0.15, -0.1) is 0 Å². The molecule has 0 bridgehead atoms. The second-order valence-corrected chi connectivity index (χ2v) is 7.95. The van der Waals surface area contributed by atoms with Crippen molar-refractivity contribution in [1.29, 1.82) is 0 Å². The van der Waals surface area contributed by atoms with Gasteiger partial charge in [-0.05, 0) is 42.3 Å². The molecule has 0 radical (unpaired) electrons. The fourth-order valence-corrected chi connectivity index (χ4v) is 3.89. The number of rotatable bonds is 7. The molecule has 3 aromatic carbocycles. The number of amides is 3. The third-order valence-electron chi connectivity index (χ3n) is 5.66. The maximum Gasteiger partial charge on any atom is 0.338 e. The van der Waals surface area contributed by atoms with Gasteiger partial charge in [0.25, 0.3) is 17.7 Å². The van der Waals surface area contributed by atoms with Crippen molar-refractivity contribution >= 4 is 29.4 Å². The standard InChI is InChI=1S/C26H20N2O7/c29-23(27-18-7-9-21-22(13-18)35-15-34-21)14-33-26(32)17-6-8-19-20(12-17)25(31)28(24(19)30)11-10-16-4-2-1-3-5-16/h1-9,12-13H,10-11,14-15H2,(H,27,29). The maximum atomic E-state index is 12.8. The molecular formula is C26H20N2O7. The molecule has 0 spiro atoms. The largest absolute Gasteiger partial charge is 0.454 e. The molecule has 5 rings (SSSR count). The number of nitrogens with zero attached hydrogens (tertiary/aromatic N) is 1. The van der Waals surface area contributed by atoms with Crippen LogP contribution in [0.5, 0.6) is 11.5 Å². The van der Waals surface area contributed by atoms with Gasteiger partial charge in [0.1, 0.15) is 0 Å². The van der Waals surface area contributed by atoms with Crippen molar-refractivity contribution in [3.63, 3.8) is 0 Å². The highest BCUT2D eigenvalue weighted by Crippen LogP contribution is 2.34. The van der Waals surface area contributed by atoms with Crippen LogP contribution in [0.25, 0.3) is 0 Å². The van der Waals surface area contributed by atoms with Gasteiger partial charge in [-0.25, -0.2) is 4.79 Å². The molecule has 9 heteroatoms. The zero-order chi connectivity index (χ0) is 24.4. The Morgan fingerprint density at radius 2 is 1.66 bits per heavy atom. The fraction of sp³-hybridized carbons (Fsp3) is 0.154. The van der Waals surface area contributed by atoms with Crippen LogP contribution in [0.15, 0.2) is 66.7 Å². The Labute approximate surface area is 200 Å². The number of ether oxygens (including phenoxy) is 3. The lowest BCUT2D eigenvalue weighted by Crippen LogP contribution is -2.31. The van der Waals surface area contributed by atoms with Crippen molar-refractivity contribution in [3.8, 4) is 11.5 Å². The lowest BCUT2D eigenvalue weighted by molar-refractivity contribution is -0.119. The first kappa shape index (κ1) is 22.1. The van der Waals surface area contributed by atoms with E-state index < -0.39 is 30.3 Å². The second-order valence-electron chi connectivity index (χ2n) is 7.95. The van der Waals surface area contributed by atoms with Crippen LogP contribution in [0.4, 0.5) is 5.69 Å². The molecule has 35 heavy (non-hydrogen) atoms. The van der Waals surface area contributed by atoms with Crippen molar-refractivity contribution in [3.05, 3.63) is 89.0 Å². The quantitative estimate of drug-likeness (QED) is 0.416. The molecule has 2 heterocycles. The third-order valence-corrected chi connectivity index (χ3v) is 5.66. The lowest BCUT2D eigenvalue weighted by Gasteiger charge is -2.13. The molecule has 0 aliphatic carbocycles. The molecule has 0 fully saturated rings. The summed E-state index contributed by atoms with van der Waals surface area (Å²) >= 11 is 0. The fourth-order valence-electron chi connectivity index (χ4n) is 3.89. The molecule has 3 amide bonds. The predicted octanol–water partition coefficient (Wildman–Crippen LogP) is 3.05. The summed E-state index contributed by atoms with van der Waals surface area (Å²) in [5.74, 6) is -1.10. The summed E-state index contributed by atoms with van der Waals surface area (Å²) in [6.07, 6.45) is 0.527. The van der Waals surface area contributed by atoms with E-state index in [9.17, 15) is 19.2 Å². The van der Waals surface area contributed by atoms with Gasteiger partial charge < -0.3 is 19.5 Å². The summed E-state index contributed by atoms with van der Waals surface area (Å²) in [5, 5.41) is 2.61.